The minimum Gasteiger partial charge on any atom is -0.385 e. The van der Waals surface area contributed by atoms with Crippen molar-refractivity contribution >= 4 is 0 Å². The van der Waals surface area contributed by atoms with Gasteiger partial charge in [-0.25, -0.2) is 0 Å². The van der Waals surface area contributed by atoms with Crippen LogP contribution in [0.15, 0.2) is 23.7 Å². The van der Waals surface area contributed by atoms with Crippen molar-refractivity contribution in [2.24, 2.45) is 0 Å². The average molecular weight is 121 g/mol. The van der Waals surface area contributed by atoms with Crippen LogP contribution in [0.4, 0.5) is 0 Å². The minimum atomic E-state index is 0.867. The molecule has 0 bridgehead atoms. The molecule has 0 fully saturated rings. The van der Waals surface area contributed by atoms with Gasteiger partial charge in [0.1, 0.15) is 0 Å². The largest absolute Gasteiger partial charge is 0.385 e. The molecule has 2 aliphatic heterocycles. The molecule has 0 saturated heterocycles. The highest BCUT2D eigenvalue weighted by Gasteiger charge is 2.12. The van der Waals surface area contributed by atoms with E-state index in [1.54, 1.807) is 0 Å². The van der Waals surface area contributed by atoms with Crippen LogP contribution in [0.2, 0.25) is 0 Å². The minimum absolute atomic E-state index is 0.867. The Bertz CT molecular complexity index is 181. The summed E-state index contributed by atoms with van der Waals surface area (Å²) >= 11 is 0. The van der Waals surface area contributed by atoms with Crippen LogP contribution in [0, 0.1) is 6.67 Å². The molecule has 0 saturated carbocycles. The van der Waals surface area contributed by atoms with Gasteiger partial charge >= 0.3 is 0 Å². The molecule has 0 amide bonds. The molecule has 3 nitrogen and oxygen atoms in total. The van der Waals surface area contributed by atoms with E-state index in [2.05, 4.69) is 22.6 Å². The highest BCUT2D eigenvalue weighted by molar-refractivity contribution is 5.32. The molecule has 2 aliphatic rings. The van der Waals surface area contributed by atoms with Crippen LogP contribution in [-0.4, -0.2) is 6.54 Å². The molecule has 2 rings (SSSR count). The lowest BCUT2D eigenvalue weighted by Crippen LogP contribution is -2.19. The number of dihydropyridines is 1. The third-order valence-electron chi connectivity index (χ3n) is 1.38. The Labute approximate surface area is 53.8 Å². The first kappa shape index (κ1) is 4.73. The first-order valence-corrected chi connectivity index (χ1v) is 2.87. The Balaban J connectivity index is 2.28. The van der Waals surface area contributed by atoms with Crippen molar-refractivity contribution < 1.29 is 0 Å². The Morgan fingerprint density at radius 1 is 1.44 bits per heavy atom. The van der Waals surface area contributed by atoms with E-state index in [4.69, 9.17) is 0 Å². The maximum Gasteiger partial charge on any atom is 0.202 e. The van der Waals surface area contributed by atoms with Crippen molar-refractivity contribution in [1.29, 1.82) is 0 Å². The van der Waals surface area contributed by atoms with Gasteiger partial charge in [0.05, 0.1) is 17.9 Å². The maximum absolute atomic E-state index is 3.08. The number of allylic oxidation sites excluding steroid dienone is 1. The number of nitrogens with one attached hydrogen (secondary N) is 3. The van der Waals surface area contributed by atoms with Gasteiger partial charge in [0, 0.05) is 0 Å². The van der Waals surface area contributed by atoms with Crippen LogP contribution in [-0.2, 0) is 0 Å². The predicted octanol–water partition coefficient (Wildman–Crippen LogP) is -0.496. The number of hydrogen-bond donors (Lipinski definition) is 3. The van der Waals surface area contributed by atoms with Crippen molar-refractivity contribution in [1.82, 2.24) is 16.0 Å². The van der Waals surface area contributed by atoms with Gasteiger partial charge in [-0.2, -0.15) is 0 Å². The zero-order chi connectivity index (χ0) is 6.10. The molecular weight excluding hydrogens is 114 g/mol. The molecule has 0 spiro atoms. The fraction of sp³-hybridized carbons (Fsp3) is 0.167. The summed E-state index contributed by atoms with van der Waals surface area (Å²) in [6.07, 6.45) is 3.90. The summed E-state index contributed by atoms with van der Waals surface area (Å²) in [5, 5.41) is 8.99. The highest BCUT2D eigenvalue weighted by atomic mass is 15.2. The molecule has 0 aromatic heterocycles. The molecule has 0 unspecified atom stereocenters. The van der Waals surface area contributed by atoms with Gasteiger partial charge in [-0.3, -0.25) is 0 Å². The van der Waals surface area contributed by atoms with E-state index in [1.165, 1.54) is 0 Å². The lowest BCUT2D eigenvalue weighted by molar-refractivity contribution is 0.848. The molecule has 0 atom stereocenters. The quantitative estimate of drug-likeness (QED) is 0.404. The summed E-state index contributed by atoms with van der Waals surface area (Å²) in [5.41, 5.74) is 2.28. The van der Waals surface area contributed by atoms with Gasteiger partial charge in [-0.15, -0.1) is 0 Å². The predicted molar refractivity (Wildman–Crippen MR) is 33.7 cm³/mol. The van der Waals surface area contributed by atoms with Gasteiger partial charge in [0.25, 0.3) is 0 Å². The van der Waals surface area contributed by atoms with Crippen LogP contribution < -0.4 is 16.0 Å². The Morgan fingerprint density at radius 3 is 3.33 bits per heavy atom. The van der Waals surface area contributed by atoms with Gasteiger partial charge in [0.2, 0.25) is 6.67 Å². The Hall–Kier alpha value is -1.12. The van der Waals surface area contributed by atoms with E-state index in [1.807, 2.05) is 12.3 Å². The zero-order valence-electron chi connectivity index (χ0n) is 4.86. The summed E-state index contributed by atoms with van der Waals surface area (Å²) in [7, 11) is 0. The molecule has 46 valence electrons. The van der Waals surface area contributed by atoms with Crippen LogP contribution in [0.5, 0.6) is 0 Å². The lowest BCUT2D eigenvalue weighted by Gasteiger charge is -2.07. The monoisotopic (exact) mass is 121 g/mol. The second-order valence-corrected chi connectivity index (χ2v) is 1.98. The zero-order valence-corrected chi connectivity index (χ0v) is 4.86. The van der Waals surface area contributed by atoms with Crippen LogP contribution in [0.3, 0.4) is 0 Å². The third kappa shape index (κ3) is 0.650. The average Bonchev–Trinajstić information content (AvgIpc) is 2.33. The fourth-order valence-electron chi connectivity index (χ4n) is 0.902. The molecule has 3 N–H and O–H groups in total. The second-order valence-electron chi connectivity index (χ2n) is 1.98. The molecule has 2 radical (unpaired) electrons. The van der Waals surface area contributed by atoms with Crippen molar-refractivity contribution in [3.05, 3.63) is 30.3 Å². The van der Waals surface area contributed by atoms with Crippen LogP contribution in [0.1, 0.15) is 0 Å². The summed E-state index contributed by atoms with van der Waals surface area (Å²) < 4.78 is 0. The SMILES string of the molecule is [C]1NC2=C(CNC=C2)N1. The smallest absolute Gasteiger partial charge is 0.202 e. The van der Waals surface area contributed by atoms with Gasteiger partial charge in [-0.1, -0.05) is 0 Å². The van der Waals surface area contributed by atoms with E-state index < -0.39 is 0 Å². The first-order chi connectivity index (χ1) is 4.47. The third-order valence-corrected chi connectivity index (χ3v) is 1.38. The Kier molecular flexibility index (Phi) is 0.886. The van der Waals surface area contributed by atoms with E-state index in [0.717, 1.165) is 17.9 Å². The highest BCUT2D eigenvalue weighted by Crippen LogP contribution is 2.08. The van der Waals surface area contributed by atoms with Gasteiger partial charge < -0.3 is 16.0 Å². The van der Waals surface area contributed by atoms with E-state index in [9.17, 15) is 0 Å². The molecule has 0 aromatic rings. The molecule has 0 aliphatic carbocycles. The molecule has 9 heavy (non-hydrogen) atoms. The fourth-order valence-corrected chi connectivity index (χ4v) is 0.902. The number of hydrogen-bond acceptors (Lipinski definition) is 3. The number of rotatable bonds is 0. The molecular formula is C6H7N3. The van der Waals surface area contributed by atoms with E-state index in [-0.39, 0.29) is 0 Å². The van der Waals surface area contributed by atoms with Crippen molar-refractivity contribution in [3.63, 3.8) is 0 Å². The van der Waals surface area contributed by atoms with Crippen molar-refractivity contribution in [2.45, 2.75) is 0 Å². The Morgan fingerprint density at radius 2 is 2.44 bits per heavy atom. The molecule has 0 aromatic carbocycles. The normalized spacial score (nSPS) is 22.2. The van der Waals surface area contributed by atoms with Crippen LogP contribution >= 0.6 is 0 Å². The van der Waals surface area contributed by atoms with Crippen molar-refractivity contribution in [3.8, 4) is 0 Å². The van der Waals surface area contributed by atoms with E-state index in [0.29, 0.717) is 0 Å². The summed E-state index contributed by atoms with van der Waals surface area (Å²) in [4.78, 5) is 0. The van der Waals surface area contributed by atoms with E-state index >= 15 is 0 Å². The van der Waals surface area contributed by atoms with Gasteiger partial charge in [0.15, 0.2) is 0 Å². The van der Waals surface area contributed by atoms with Crippen molar-refractivity contribution in [2.75, 3.05) is 6.54 Å². The van der Waals surface area contributed by atoms with Crippen LogP contribution in [0.25, 0.3) is 0 Å². The molecule has 3 heteroatoms. The second kappa shape index (κ2) is 1.69. The summed E-state index contributed by atoms with van der Waals surface area (Å²) in [6.45, 7) is 3.67. The summed E-state index contributed by atoms with van der Waals surface area (Å²) in [6, 6.07) is 0. The lowest BCUT2D eigenvalue weighted by atomic mass is 10.3. The summed E-state index contributed by atoms with van der Waals surface area (Å²) in [5.74, 6) is 0. The maximum atomic E-state index is 3.08. The topological polar surface area (TPSA) is 36.1 Å². The van der Waals surface area contributed by atoms with Gasteiger partial charge in [-0.05, 0) is 12.3 Å². The first-order valence-electron chi connectivity index (χ1n) is 2.87. The standard InChI is InChI=1S/C6H7N3/c1-2-7-3-6-5(1)8-4-9-6/h1-2,7-9H,3H2. The molecule has 2 heterocycles.